The normalized spacial score (nSPS) is 25.3. The largest absolute Gasteiger partial charge is 0.494 e. The molecule has 0 spiro atoms. The van der Waals surface area contributed by atoms with Crippen molar-refractivity contribution in [3.05, 3.63) is 59.8 Å². The van der Waals surface area contributed by atoms with Gasteiger partial charge in [-0.15, -0.1) is 0 Å². The second-order valence-corrected chi connectivity index (χ2v) is 7.94. The Labute approximate surface area is 191 Å². The number of nitrogens with one attached hydrogen (secondary N) is 1. The number of hydrogen-bond acceptors (Lipinski definition) is 8. The zero-order valence-corrected chi connectivity index (χ0v) is 18.3. The standard InChI is InChI=1S/C24H29NO8/c1-2-30-16-10-7-14(8-11-16)6-9-15-12-25-17-4-3-5-18(20(15)17)32-33-23-22(28)21(27)19(13-26)31-24(23)29/h3-5,7-8,10-12,19,21-29H,2,6,9,13H2,1H3/t19-,21-,22+,23-,24-/m1/s1. The first kappa shape index (κ1) is 23.5. The number of H-pyrrole nitrogens is 1. The van der Waals surface area contributed by atoms with Gasteiger partial charge in [0.25, 0.3) is 0 Å². The molecule has 0 unspecified atom stereocenters. The lowest BCUT2D eigenvalue weighted by Crippen LogP contribution is -2.59. The van der Waals surface area contributed by atoms with Crippen molar-refractivity contribution in [2.75, 3.05) is 13.2 Å². The topological polar surface area (TPSA) is 134 Å². The summed E-state index contributed by atoms with van der Waals surface area (Å²) in [6, 6.07) is 13.4. The lowest BCUT2D eigenvalue weighted by molar-refractivity contribution is -0.364. The fourth-order valence-corrected chi connectivity index (χ4v) is 3.97. The monoisotopic (exact) mass is 459 g/mol. The Morgan fingerprint density at radius 2 is 1.79 bits per heavy atom. The SMILES string of the molecule is CCOc1ccc(CCc2c[nH]c3cccc(OO[C@@H]4[C@@H](O)[C@H](O)[C@@H](CO)O[C@H]4O)c23)cc1. The minimum absolute atomic E-state index is 0.397. The molecular formula is C24H29NO8. The predicted octanol–water partition coefficient (Wildman–Crippen LogP) is 1.46. The van der Waals surface area contributed by atoms with Crippen LogP contribution in [0.25, 0.3) is 10.9 Å². The molecule has 0 amide bonds. The van der Waals surface area contributed by atoms with Crippen LogP contribution in [0.2, 0.25) is 0 Å². The molecule has 178 valence electrons. The van der Waals surface area contributed by atoms with E-state index in [4.69, 9.17) is 19.2 Å². The Morgan fingerprint density at radius 3 is 2.52 bits per heavy atom. The van der Waals surface area contributed by atoms with Gasteiger partial charge in [-0.1, -0.05) is 18.2 Å². The van der Waals surface area contributed by atoms with E-state index in [0.717, 1.165) is 35.1 Å². The Morgan fingerprint density at radius 1 is 1.00 bits per heavy atom. The molecule has 0 radical (unpaired) electrons. The van der Waals surface area contributed by atoms with E-state index in [1.165, 1.54) is 5.56 Å². The summed E-state index contributed by atoms with van der Waals surface area (Å²) in [7, 11) is 0. The van der Waals surface area contributed by atoms with Gasteiger partial charge in [0.1, 0.15) is 24.1 Å². The molecule has 0 bridgehead atoms. The van der Waals surface area contributed by atoms with Crippen LogP contribution in [0.3, 0.4) is 0 Å². The van der Waals surface area contributed by atoms with Crippen molar-refractivity contribution in [3.8, 4) is 11.5 Å². The number of fused-ring (bicyclic) bond motifs is 1. The molecular weight excluding hydrogens is 430 g/mol. The summed E-state index contributed by atoms with van der Waals surface area (Å²) in [4.78, 5) is 14.0. The third-order valence-corrected chi connectivity index (χ3v) is 5.76. The van der Waals surface area contributed by atoms with Gasteiger partial charge in [0.15, 0.2) is 18.1 Å². The van der Waals surface area contributed by atoms with E-state index < -0.39 is 37.3 Å². The number of aliphatic hydroxyl groups is 4. The maximum Gasteiger partial charge on any atom is 0.188 e. The highest BCUT2D eigenvalue weighted by Crippen LogP contribution is 2.31. The Balaban J connectivity index is 1.46. The Bertz CT molecular complexity index is 1040. The second kappa shape index (κ2) is 10.5. The van der Waals surface area contributed by atoms with Gasteiger partial charge in [0, 0.05) is 17.1 Å². The van der Waals surface area contributed by atoms with Crippen molar-refractivity contribution >= 4 is 10.9 Å². The average Bonchev–Trinajstić information content (AvgIpc) is 3.25. The summed E-state index contributed by atoms with van der Waals surface area (Å²) in [5.74, 6) is 1.24. The lowest BCUT2D eigenvalue weighted by Gasteiger charge is -2.38. The Kier molecular flexibility index (Phi) is 7.49. The molecule has 33 heavy (non-hydrogen) atoms. The first-order valence-electron chi connectivity index (χ1n) is 11.0. The van der Waals surface area contributed by atoms with Gasteiger partial charge in [-0.3, -0.25) is 0 Å². The summed E-state index contributed by atoms with van der Waals surface area (Å²) < 4.78 is 10.6. The quantitative estimate of drug-likeness (QED) is 0.240. The minimum Gasteiger partial charge on any atom is -0.494 e. The fraction of sp³-hybridized carbons (Fsp3) is 0.417. The van der Waals surface area contributed by atoms with Crippen molar-refractivity contribution in [2.45, 2.75) is 50.5 Å². The van der Waals surface area contributed by atoms with E-state index in [1.54, 1.807) is 12.1 Å². The van der Waals surface area contributed by atoms with E-state index in [2.05, 4.69) is 4.98 Å². The molecule has 1 saturated heterocycles. The van der Waals surface area contributed by atoms with Crippen LogP contribution in [0.4, 0.5) is 0 Å². The number of rotatable bonds is 9. The molecule has 2 heterocycles. The number of benzene rings is 2. The van der Waals surface area contributed by atoms with E-state index in [-0.39, 0.29) is 0 Å². The number of ether oxygens (including phenoxy) is 2. The van der Waals surface area contributed by atoms with Gasteiger partial charge in [0.05, 0.1) is 13.2 Å². The fourth-order valence-electron chi connectivity index (χ4n) is 3.97. The van der Waals surface area contributed by atoms with Crippen molar-refractivity contribution in [3.63, 3.8) is 0 Å². The highest BCUT2D eigenvalue weighted by molar-refractivity contribution is 5.89. The molecule has 9 heteroatoms. The highest BCUT2D eigenvalue weighted by Gasteiger charge is 2.45. The summed E-state index contributed by atoms with van der Waals surface area (Å²) in [6.45, 7) is 2.02. The number of aliphatic hydroxyl groups excluding tert-OH is 4. The second-order valence-electron chi connectivity index (χ2n) is 7.94. The van der Waals surface area contributed by atoms with Crippen LogP contribution in [0, 0.1) is 0 Å². The Hall–Kier alpha value is -2.66. The first-order valence-corrected chi connectivity index (χ1v) is 11.0. The van der Waals surface area contributed by atoms with E-state index in [9.17, 15) is 20.4 Å². The van der Waals surface area contributed by atoms with Crippen LogP contribution >= 0.6 is 0 Å². The zero-order chi connectivity index (χ0) is 23.4. The number of aromatic nitrogens is 1. The highest BCUT2D eigenvalue weighted by atomic mass is 17.2. The maximum atomic E-state index is 10.3. The maximum absolute atomic E-state index is 10.3. The summed E-state index contributed by atoms with van der Waals surface area (Å²) in [6.07, 6.45) is -3.53. The van der Waals surface area contributed by atoms with Gasteiger partial charge in [0.2, 0.25) is 0 Å². The van der Waals surface area contributed by atoms with Crippen LogP contribution in [0.15, 0.2) is 48.7 Å². The van der Waals surface area contributed by atoms with Crippen LogP contribution in [-0.2, 0) is 22.5 Å². The molecule has 2 aromatic carbocycles. The lowest BCUT2D eigenvalue weighted by atomic mass is 9.99. The van der Waals surface area contributed by atoms with Crippen LogP contribution in [0.5, 0.6) is 11.5 Å². The van der Waals surface area contributed by atoms with Gasteiger partial charge in [-0.2, -0.15) is 4.89 Å². The molecule has 3 aromatic rings. The van der Waals surface area contributed by atoms with Crippen LogP contribution in [0.1, 0.15) is 18.1 Å². The molecule has 5 N–H and O–H groups in total. The van der Waals surface area contributed by atoms with Crippen molar-refractivity contribution < 1.29 is 39.7 Å². The van der Waals surface area contributed by atoms with Gasteiger partial charge in [-0.25, -0.2) is 0 Å². The van der Waals surface area contributed by atoms with Gasteiger partial charge in [-0.05, 0) is 55.2 Å². The molecule has 1 aliphatic heterocycles. The van der Waals surface area contributed by atoms with E-state index >= 15 is 0 Å². The van der Waals surface area contributed by atoms with Crippen LogP contribution < -0.4 is 9.62 Å². The number of aromatic amines is 1. The van der Waals surface area contributed by atoms with Gasteiger partial charge < -0.3 is 39.8 Å². The molecule has 0 aliphatic carbocycles. The average molecular weight is 459 g/mol. The third kappa shape index (κ3) is 5.14. The molecule has 5 atom stereocenters. The molecule has 1 aliphatic rings. The number of hydrogen-bond donors (Lipinski definition) is 5. The molecule has 9 nitrogen and oxygen atoms in total. The van der Waals surface area contributed by atoms with Crippen molar-refractivity contribution in [1.82, 2.24) is 4.98 Å². The summed E-state index contributed by atoms with van der Waals surface area (Å²) in [5.41, 5.74) is 3.03. The first-order chi connectivity index (χ1) is 16.0. The van der Waals surface area contributed by atoms with Gasteiger partial charge >= 0.3 is 0 Å². The smallest absolute Gasteiger partial charge is 0.188 e. The number of aryl methyl sites for hydroxylation is 2. The molecule has 1 aromatic heterocycles. The van der Waals surface area contributed by atoms with E-state index in [1.807, 2.05) is 43.5 Å². The molecule has 4 rings (SSSR count). The summed E-state index contributed by atoms with van der Waals surface area (Å²) >= 11 is 0. The third-order valence-electron chi connectivity index (χ3n) is 5.76. The zero-order valence-electron chi connectivity index (χ0n) is 18.3. The van der Waals surface area contributed by atoms with Crippen LogP contribution in [-0.4, -0.2) is 69.3 Å². The minimum atomic E-state index is -1.58. The molecule has 0 saturated carbocycles. The summed E-state index contributed by atoms with van der Waals surface area (Å²) in [5, 5.41) is 40.4. The van der Waals surface area contributed by atoms with Crippen molar-refractivity contribution in [2.24, 2.45) is 0 Å². The van der Waals surface area contributed by atoms with Crippen molar-refractivity contribution in [1.29, 1.82) is 0 Å². The molecule has 1 fully saturated rings. The van der Waals surface area contributed by atoms with E-state index in [0.29, 0.717) is 12.4 Å². The predicted molar refractivity (Wildman–Crippen MR) is 119 cm³/mol.